The summed E-state index contributed by atoms with van der Waals surface area (Å²) in [5.74, 6) is 0.832. The van der Waals surface area contributed by atoms with Crippen LogP contribution >= 0.6 is 0 Å². The quantitative estimate of drug-likeness (QED) is 0.167. The van der Waals surface area contributed by atoms with Crippen molar-refractivity contribution in [2.75, 3.05) is 17.7 Å². The minimum atomic E-state index is -3.85. The number of methoxy groups -OCH3 is 1. The van der Waals surface area contributed by atoms with Gasteiger partial charge in [0.2, 0.25) is 10.0 Å². The molecule has 0 saturated heterocycles. The third kappa shape index (κ3) is 5.66. The molecular weight excluding hydrogens is 478 g/mol. The highest BCUT2D eigenvalue weighted by atomic mass is 32.2. The van der Waals surface area contributed by atoms with Gasteiger partial charge in [0.1, 0.15) is 10.9 Å². The van der Waals surface area contributed by atoms with E-state index in [-0.39, 0.29) is 10.9 Å². The second-order valence-corrected chi connectivity index (χ2v) is 10.0. The van der Waals surface area contributed by atoms with Crippen molar-refractivity contribution in [1.29, 1.82) is 0 Å². The fourth-order valence-electron chi connectivity index (χ4n) is 4.09. The zero-order valence-electron chi connectivity index (χ0n) is 19.9. The van der Waals surface area contributed by atoms with E-state index in [9.17, 15) is 13.5 Å². The predicted octanol–water partition coefficient (Wildman–Crippen LogP) is 3.91. The Labute approximate surface area is 210 Å². The fourth-order valence-corrected chi connectivity index (χ4v) is 5.33. The smallest absolute Gasteiger partial charge is 0.286 e. The number of hydrogen-bond acceptors (Lipinski definition) is 5. The van der Waals surface area contributed by atoms with Crippen LogP contribution in [0, 0.1) is 6.57 Å². The van der Waals surface area contributed by atoms with E-state index in [0.29, 0.717) is 29.1 Å². The molecule has 4 N–H and O–H groups in total. The molecule has 0 aromatic heterocycles. The van der Waals surface area contributed by atoms with Crippen molar-refractivity contribution >= 4 is 27.4 Å². The number of rotatable bonds is 7. The number of aliphatic hydroxyl groups excluding tert-OH is 1. The molecule has 3 aromatic rings. The molecule has 0 bridgehead atoms. The number of nitrogens with zero attached hydrogens (tertiary/aromatic N) is 2. The molecule has 4 rings (SSSR count). The number of sulfonamides is 1. The molecule has 10 heteroatoms. The monoisotopic (exact) mass is 505 g/mol. The number of nitrogens with one attached hydrogen (secondary N) is 3. The maximum absolute atomic E-state index is 13.0. The lowest BCUT2D eigenvalue weighted by Gasteiger charge is -2.19. The number of benzene rings is 3. The summed E-state index contributed by atoms with van der Waals surface area (Å²) in [4.78, 5) is 3.26. The minimum absolute atomic E-state index is 0.142. The van der Waals surface area contributed by atoms with Crippen LogP contribution in [-0.2, 0) is 22.9 Å². The highest BCUT2D eigenvalue weighted by Gasteiger charge is 2.35. The maximum Gasteiger partial charge on any atom is 0.286 e. The van der Waals surface area contributed by atoms with Gasteiger partial charge in [-0.15, -0.1) is 4.95 Å². The van der Waals surface area contributed by atoms with Gasteiger partial charge < -0.3 is 20.5 Å². The van der Waals surface area contributed by atoms with Crippen molar-refractivity contribution in [1.82, 2.24) is 4.72 Å². The van der Waals surface area contributed by atoms with E-state index < -0.39 is 22.2 Å². The van der Waals surface area contributed by atoms with E-state index in [1.54, 1.807) is 67.8 Å². The Morgan fingerprint density at radius 2 is 1.83 bits per heavy atom. The van der Waals surface area contributed by atoms with Gasteiger partial charge in [0, 0.05) is 23.9 Å². The van der Waals surface area contributed by atoms with Gasteiger partial charge in [0.25, 0.3) is 5.96 Å². The molecule has 1 aliphatic rings. The molecule has 0 saturated carbocycles. The molecule has 0 fully saturated rings. The topological polar surface area (TPSA) is 116 Å². The van der Waals surface area contributed by atoms with Crippen molar-refractivity contribution in [2.24, 2.45) is 5.10 Å². The molecule has 186 valence electrons. The molecule has 2 atom stereocenters. The van der Waals surface area contributed by atoms with E-state index in [1.165, 1.54) is 0 Å². The molecule has 9 nitrogen and oxygen atoms in total. The van der Waals surface area contributed by atoms with Crippen LogP contribution in [0.25, 0.3) is 4.95 Å². The molecular formula is C26H27N5O4S. The molecule has 0 spiro atoms. The number of anilines is 2. The first-order chi connectivity index (χ1) is 17.3. The standard InChI is InChI=1S/C26H27N5O4S/c1-4-17-8-12-22(13-9-17)36(33,34)31-25-23-16-20(11-10-18(23)14-24(25)32)29-26(30-27-2)28-19-6-5-7-21(15-19)35-3/h5-13,15-16,24-25,31-32H,4,14H2,1,3H3,(H2,28,29,30)/t24-,25+/m0/s1. The third-order valence-corrected chi connectivity index (χ3v) is 7.42. The Hall–Kier alpha value is -3.91. The van der Waals surface area contributed by atoms with E-state index >= 15 is 0 Å². The summed E-state index contributed by atoms with van der Waals surface area (Å²) in [7, 11) is -2.29. The first-order valence-electron chi connectivity index (χ1n) is 11.4. The van der Waals surface area contributed by atoms with Crippen LogP contribution in [0.2, 0.25) is 0 Å². The highest BCUT2D eigenvalue weighted by Crippen LogP contribution is 2.35. The van der Waals surface area contributed by atoms with Crippen molar-refractivity contribution in [3.8, 4) is 5.75 Å². The van der Waals surface area contributed by atoms with Crippen LogP contribution in [0.15, 0.2) is 76.7 Å². The normalized spacial score (nSPS) is 17.2. The first kappa shape index (κ1) is 25.2. The summed E-state index contributed by atoms with van der Waals surface area (Å²) < 4.78 is 34.0. The van der Waals surface area contributed by atoms with Crippen molar-refractivity contribution in [2.45, 2.75) is 36.8 Å². The second-order valence-electron chi connectivity index (χ2n) is 8.31. The summed E-state index contributed by atoms with van der Waals surface area (Å²) in [5, 5.41) is 20.6. The average Bonchev–Trinajstić information content (AvgIpc) is 3.18. The molecule has 0 aliphatic heterocycles. The van der Waals surface area contributed by atoms with E-state index in [2.05, 4.69) is 25.4 Å². The Kier molecular flexibility index (Phi) is 7.55. The van der Waals surface area contributed by atoms with Gasteiger partial charge in [-0.3, -0.25) is 0 Å². The van der Waals surface area contributed by atoms with Crippen LogP contribution in [0.5, 0.6) is 5.75 Å². The Morgan fingerprint density at radius 3 is 2.50 bits per heavy atom. The molecule has 0 amide bonds. The maximum atomic E-state index is 13.0. The summed E-state index contributed by atoms with van der Waals surface area (Å²) in [6.45, 7) is 9.15. The number of aryl methyl sites for hydroxylation is 1. The number of fused-ring (bicyclic) bond motifs is 1. The van der Waals surface area contributed by atoms with Gasteiger partial charge in [-0.05, 0) is 59.5 Å². The molecule has 3 aromatic carbocycles. The first-order valence-corrected chi connectivity index (χ1v) is 12.9. The van der Waals surface area contributed by atoms with Crippen LogP contribution in [0.4, 0.5) is 11.4 Å². The van der Waals surface area contributed by atoms with Crippen LogP contribution < -0.4 is 20.1 Å². The van der Waals surface area contributed by atoms with Gasteiger partial charge in [-0.2, -0.15) is 6.57 Å². The Bertz CT molecular complexity index is 1410. The number of ether oxygens (including phenoxy) is 1. The lowest BCUT2D eigenvalue weighted by atomic mass is 10.1. The van der Waals surface area contributed by atoms with Crippen LogP contribution in [0.3, 0.4) is 0 Å². The fraction of sp³-hybridized carbons (Fsp3) is 0.231. The summed E-state index contributed by atoms with van der Waals surface area (Å²) in [6.07, 6.45) is 0.220. The summed E-state index contributed by atoms with van der Waals surface area (Å²) in [5.41, 5.74) is 3.78. The van der Waals surface area contributed by atoms with Gasteiger partial charge in [0.05, 0.1) is 24.2 Å². The largest absolute Gasteiger partial charge is 0.497 e. The molecule has 1 aliphatic carbocycles. The van der Waals surface area contributed by atoms with Gasteiger partial charge in [-0.25, -0.2) is 13.1 Å². The molecule has 0 radical (unpaired) electrons. The number of guanidine groups is 1. The van der Waals surface area contributed by atoms with Crippen molar-refractivity contribution in [3.63, 3.8) is 0 Å². The SMILES string of the molecule is [C-]#[N+]/N=C(\Nc1cccc(OC)c1)Nc1ccc2c(c1)[C@@H](NS(=O)(=O)c1ccc(CC)cc1)[C@@H](O)C2. The second kappa shape index (κ2) is 10.8. The van der Waals surface area contributed by atoms with E-state index in [0.717, 1.165) is 17.5 Å². The zero-order valence-corrected chi connectivity index (χ0v) is 20.7. The Balaban J connectivity index is 1.56. The van der Waals surface area contributed by atoms with E-state index in [1.807, 2.05) is 13.0 Å². The molecule has 0 heterocycles. The van der Waals surface area contributed by atoms with E-state index in [4.69, 9.17) is 11.3 Å². The van der Waals surface area contributed by atoms with Crippen LogP contribution in [-0.4, -0.2) is 32.7 Å². The minimum Gasteiger partial charge on any atom is -0.497 e. The van der Waals surface area contributed by atoms with Gasteiger partial charge in [-0.1, -0.05) is 31.2 Å². The Morgan fingerprint density at radius 1 is 1.11 bits per heavy atom. The van der Waals surface area contributed by atoms with Crippen molar-refractivity contribution < 1.29 is 18.3 Å². The molecule has 36 heavy (non-hydrogen) atoms. The lowest BCUT2D eigenvalue weighted by molar-refractivity contribution is 0.151. The van der Waals surface area contributed by atoms with Crippen molar-refractivity contribution in [3.05, 3.63) is 94.9 Å². The lowest BCUT2D eigenvalue weighted by Crippen LogP contribution is -2.34. The zero-order chi connectivity index (χ0) is 25.7. The number of hydrogen-bond donors (Lipinski definition) is 4. The third-order valence-electron chi connectivity index (χ3n) is 5.96. The van der Waals surface area contributed by atoms with Gasteiger partial charge >= 0.3 is 0 Å². The predicted molar refractivity (Wildman–Crippen MR) is 139 cm³/mol. The summed E-state index contributed by atoms with van der Waals surface area (Å²) in [6, 6.07) is 18.4. The highest BCUT2D eigenvalue weighted by molar-refractivity contribution is 7.89. The van der Waals surface area contributed by atoms with Gasteiger partial charge in [0.15, 0.2) is 0 Å². The number of aliphatic hydroxyl groups is 1. The van der Waals surface area contributed by atoms with Crippen LogP contribution in [0.1, 0.15) is 29.7 Å². The average molecular weight is 506 g/mol. The molecule has 0 unspecified atom stereocenters. The summed E-state index contributed by atoms with van der Waals surface area (Å²) >= 11 is 0.